The Hall–Kier alpha value is -1.68. The highest BCUT2D eigenvalue weighted by molar-refractivity contribution is 5.45. The van der Waals surface area contributed by atoms with Gasteiger partial charge in [0.15, 0.2) is 0 Å². The highest BCUT2D eigenvalue weighted by Gasteiger charge is 2.40. The van der Waals surface area contributed by atoms with Crippen LogP contribution in [0.25, 0.3) is 0 Å². The summed E-state index contributed by atoms with van der Waals surface area (Å²) < 4.78 is -0.193. The molecular weight excluding hydrogens is 320 g/mol. The van der Waals surface area contributed by atoms with Crippen molar-refractivity contribution >= 4 is 5.69 Å². The van der Waals surface area contributed by atoms with E-state index >= 15 is 0 Å². The van der Waals surface area contributed by atoms with Crippen LogP contribution in [0.2, 0.25) is 0 Å². The average Bonchev–Trinajstić information content (AvgIpc) is 2.99. The summed E-state index contributed by atoms with van der Waals surface area (Å²) in [7, 11) is 0. The zero-order chi connectivity index (χ0) is 18.2. The fraction of sp³-hybridized carbons (Fsp3) is 0.478. The first-order chi connectivity index (χ1) is 12.7. The molecule has 2 aromatic rings. The second-order valence-electron chi connectivity index (χ2n) is 7.63. The van der Waals surface area contributed by atoms with E-state index in [1.54, 1.807) is 0 Å². The van der Waals surface area contributed by atoms with Crippen LogP contribution in [0, 0.1) is 5.21 Å². The van der Waals surface area contributed by atoms with Crippen LogP contribution in [-0.4, -0.2) is 24.2 Å². The third kappa shape index (κ3) is 4.73. The Balaban J connectivity index is 1.68. The van der Waals surface area contributed by atoms with E-state index in [-0.39, 0.29) is 10.7 Å². The van der Waals surface area contributed by atoms with E-state index in [0.717, 1.165) is 25.2 Å². The van der Waals surface area contributed by atoms with Gasteiger partial charge in [-0.05, 0) is 24.1 Å². The van der Waals surface area contributed by atoms with Gasteiger partial charge in [0.25, 0.3) is 0 Å². The Morgan fingerprint density at radius 3 is 2.27 bits per heavy atom. The zero-order valence-electron chi connectivity index (χ0n) is 16.0. The van der Waals surface area contributed by atoms with Gasteiger partial charge in [-0.15, -0.1) is 0 Å². The SMILES string of the molecule is CCCCCCCC1CN(Cc2ccccc2)C[N+]1([O-])c1ccccc1. The first-order valence-corrected chi connectivity index (χ1v) is 10.1. The lowest BCUT2D eigenvalue weighted by atomic mass is 10.0. The largest absolute Gasteiger partial charge is 0.626 e. The zero-order valence-corrected chi connectivity index (χ0v) is 16.0. The summed E-state index contributed by atoms with van der Waals surface area (Å²) in [5.41, 5.74) is 2.19. The van der Waals surface area contributed by atoms with Crippen LogP contribution in [0.15, 0.2) is 60.7 Å². The van der Waals surface area contributed by atoms with Crippen LogP contribution in [0.3, 0.4) is 0 Å². The molecule has 0 aliphatic carbocycles. The molecule has 0 saturated carbocycles. The molecule has 2 unspecified atom stereocenters. The number of nitrogens with zero attached hydrogens (tertiary/aromatic N) is 2. The molecule has 1 aliphatic rings. The lowest BCUT2D eigenvalue weighted by Gasteiger charge is -2.43. The number of hydroxylamine groups is 2. The number of quaternary nitrogens is 1. The van der Waals surface area contributed by atoms with E-state index in [9.17, 15) is 5.21 Å². The molecule has 0 radical (unpaired) electrons. The minimum atomic E-state index is -0.193. The first kappa shape index (κ1) is 19.1. The summed E-state index contributed by atoms with van der Waals surface area (Å²) in [5.74, 6) is 0. The molecular formula is C23H32N2O. The topological polar surface area (TPSA) is 26.3 Å². The summed E-state index contributed by atoms with van der Waals surface area (Å²) in [6.07, 6.45) is 7.30. The molecule has 1 saturated heterocycles. The Kier molecular flexibility index (Phi) is 6.84. The standard InChI is InChI=1S/C23H32N2O/c1-2-3-4-5-10-17-23-19-24(18-21-13-8-6-9-14-21)20-25(23,26)22-15-11-7-12-16-22/h6-9,11-16,23H,2-5,10,17-20H2,1H3. The van der Waals surface area contributed by atoms with Gasteiger partial charge in [-0.25, -0.2) is 4.90 Å². The van der Waals surface area contributed by atoms with Crippen LogP contribution < -0.4 is 4.65 Å². The van der Waals surface area contributed by atoms with Crippen molar-refractivity contribution in [1.82, 2.24) is 9.55 Å². The molecule has 1 aliphatic heterocycles. The van der Waals surface area contributed by atoms with E-state index in [2.05, 4.69) is 36.1 Å². The molecule has 0 N–H and O–H groups in total. The Bertz CT molecular complexity index is 646. The summed E-state index contributed by atoms with van der Waals surface area (Å²) in [6, 6.07) is 20.6. The molecule has 140 valence electrons. The Morgan fingerprint density at radius 2 is 1.58 bits per heavy atom. The lowest BCUT2D eigenvalue weighted by Crippen LogP contribution is -2.48. The Morgan fingerprint density at radius 1 is 0.923 bits per heavy atom. The summed E-state index contributed by atoms with van der Waals surface area (Å²) >= 11 is 0. The minimum absolute atomic E-state index is 0.141. The van der Waals surface area contributed by atoms with Gasteiger partial charge in [-0.2, -0.15) is 0 Å². The van der Waals surface area contributed by atoms with Crippen molar-refractivity contribution in [2.24, 2.45) is 0 Å². The molecule has 3 heteroatoms. The minimum Gasteiger partial charge on any atom is -0.626 e. The molecule has 3 nitrogen and oxygen atoms in total. The molecule has 0 bridgehead atoms. The fourth-order valence-electron chi connectivity index (χ4n) is 4.11. The van der Waals surface area contributed by atoms with Crippen LogP contribution in [0.4, 0.5) is 5.69 Å². The smallest absolute Gasteiger partial charge is 0.140 e. The van der Waals surface area contributed by atoms with E-state index < -0.39 is 0 Å². The van der Waals surface area contributed by atoms with Gasteiger partial charge in [-0.3, -0.25) is 0 Å². The van der Waals surface area contributed by atoms with Gasteiger partial charge in [-0.1, -0.05) is 81.1 Å². The second kappa shape index (κ2) is 9.31. The molecule has 2 atom stereocenters. The maximum atomic E-state index is 13.9. The first-order valence-electron chi connectivity index (χ1n) is 10.1. The van der Waals surface area contributed by atoms with Gasteiger partial charge in [0.2, 0.25) is 0 Å². The molecule has 0 spiro atoms. The normalized spacial score (nSPS) is 23.4. The maximum absolute atomic E-state index is 13.9. The third-order valence-corrected chi connectivity index (χ3v) is 5.55. The van der Waals surface area contributed by atoms with Crippen molar-refractivity contribution < 1.29 is 0 Å². The molecule has 3 rings (SSSR count). The van der Waals surface area contributed by atoms with Crippen LogP contribution >= 0.6 is 0 Å². The quantitative estimate of drug-likeness (QED) is 0.329. The molecule has 0 amide bonds. The molecule has 2 aromatic carbocycles. The van der Waals surface area contributed by atoms with Crippen molar-refractivity contribution in [3.05, 3.63) is 71.4 Å². The lowest BCUT2D eigenvalue weighted by molar-refractivity contribution is 0.273. The van der Waals surface area contributed by atoms with Crippen molar-refractivity contribution in [3.8, 4) is 0 Å². The number of benzene rings is 2. The number of rotatable bonds is 9. The van der Waals surface area contributed by atoms with Crippen LogP contribution in [0.5, 0.6) is 0 Å². The number of hydrogen-bond donors (Lipinski definition) is 0. The summed E-state index contributed by atoms with van der Waals surface area (Å²) in [5, 5.41) is 13.9. The molecule has 26 heavy (non-hydrogen) atoms. The number of para-hydroxylation sites is 1. The highest BCUT2D eigenvalue weighted by Crippen LogP contribution is 2.34. The second-order valence-corrected chi connectivity index (χ2v) is 7.63. The molecule has 0 aromatic heterocycles. The van der Waals surface area contributed by atoms with Crippen molar-refractivity contribution in [2.75, 3.05) is 13.2 Å². The fourth-order valence-corrected chi connectivity index (χ4v) is 4.11. The van der Waals surface area contributed by atoms with Gasteiger partial charge < -0.3 is 9.85 Å². The van der Waals surface area contributed by atoms with Crippen molar-refractivity contribution in [3.63, 3.8) is 0 Å². The third-order valence-electron chi connectivity index (χ3n) is 5.55. The number of unbranched alkanes of at least 4 members (excludes halogenated alkanes) is 4. The summed E-state index contributed by atoms with van der Waals surface area (Å²) in [6.45, 7) is 4.55. The van der Waals surface area contributed by atoms with E-state index in [1.165, 1.54) is 37.7 Å². The monoisotopic (exact) mass is 352 g/mol. The molecule has 1 fully saturated rings. The van der Waals surface area contributed by atoms with Gasteiger partial charge in [0.05, 0.1) is 6.54 Å². The van der Waals surface area contributed by atoms with Crippen LogP contribution in [0.1, 0.15) is 51.0 Å². The molecule has 1 heterocycles. The van der Waals surface area contributed by atoms with Gasteiger partial charge in [0.1, 0.15) is 18.4 Å². The van der Waals surface area contributed by atoms with E-state index in [4.69, 9.17) is 0 Å². The predicted octanol–water partition coefficient (Wildman–Crippen LogP) is 5.69. The van der Waals surface area contributed by atoms with Gasteiger partial charge >= 0.3 is 0 Å². The van der Waals surface area contributed by atoms with E-state index in [1.807, 2.05) is 36.4 Å². The van der Waals surface area contributed by atoms with Crippen molar-refractivity contribution in [1.29, 1.82) is 0 Å². The summed E-state index contributed by atoms with van der Waals surface area (Å²) in [4.78, 5) is 2.34. The van der Waals surface area contributed by atoms with Gasteiger partial charge in [0, 0.05) is 13.0 Å². The number of hydrogen-bond acceptors (Lipinski definition) is 2. The Labute approximate surface area is 158 Å². The van der Waals surface area contributed by atoms with Crippen LogP contribution in [-0.2, 0) is 6.54 Å². The highest BCUT2D eigenvalue weighted by atomic mass is 16.6. The predicted molar refractivity (Wildman–Crippen MR) is 110 cm³/mol. The maximum Gasteiger partial charge on any atom is 0.140 e. The van der Waals surface area contributed by atoms with E-state index in [0.29, 0.717) is 6.67 Å². The van der Waals surface area contributed by atoms with Crippen molar-refractivity contribution in [2.45, 2.75) is 58.0 Å². The average molecular weight is 353 g/mol.